The van der Waals surface area contributed by atoms with Crippen LogP contribution in [0.3, 0.4) is 0 Å². The Morgan fingerprint density at radius 1 is 1.43 bits per heavy atom. The van der Waals surface area contributed by atoms with Crippen molar-refractivity contribution in [2.75, 3.05) is 7.11 Å². The molecule has 0 amide bonds. The first kappa shape index (κ1) is 10.8. The summed E-state index contributed by atoms with van der Waals surface area (Å²) < 4.78 is 9.37. The number of rotatable bonds is 4. The summed E-state index contributed by atoms with van der Waals surface area (Å²) in [4.78, 5) is 18.7. The van der Waals surface area contributed by atoms with Gasteiger partial charge < -0.3 is 13.9 Å². The number of nitro groups is 1. The highest BCUT2D eigenvalue weighted by Gasteiger charge is 2.08. The summed E-state index contributed by atoms with van der Waals surface area (Å²) in [6.45, 7) is 0. The monoisotopic (exact) mass is 217 g/mol. The van der Waals surface area contributed by atoms with E-state index < -0.39 is 13.5 Å². The standard InChI is InChI=1S/C7H8NO5P/c1-12-14(11)13-7-4-2-6(3-5-7)8(9)10/h2-5,11H,1H3. The third kappa shape index (κ3) is 2.92. The predicted molar refractivity (Wildman–Crippen MR) is 49.9 cm³/mol. The molecule has 0 aliphatic carbocycles. The van der Waals surface area contributed by atoms with E-state index in [9.17, 15) is 10.1 Å². The maximum Gasteiger partial charge on any atom is 0.394 e. The van der Waals surface area contributed by atoms with Crippen LogP contribution in [0.1, 0.15) is 0 Å². The highest BCUT2D eigenvalue weighted by molar-refractivity contribution is 7.41. The lowest BCUT2D eigenvalue weighted by molar-refractivity contribution is -0.384. The number of hydrogen-bond acceptors (Lipinski definition) is 5. The van der Waals surface area contributed by atoms with Gasteiger partial charge in [0.2, 0.25) is 0 Å². The van der Waals surface area contributed by atoms with Crippen molar-refractivity contribution in [3.05, 3.63) is 34.4 Å². The van der Waals surface area contributed by atoms with Crippen LogP contribution in [0, 0.1) is 10.1 Å². The second kappa shape index (κ2) is 4.85. The molecule has 1 unspecified atom stereocenters. The van der Waals surface area contributed by atoms with E-state index in [1.807, 2.05) is 0 Å². The van der Waals surface area contributed by atoms with Gasteiger partial charge in [-0.25, -0.2) is 0 Å². The summed E-state index contributed by atoms with van der Waals surface area (Å²) in [7, 11) is -0.647. The van der Waals surface area contributed by atoms with Crippen LogP contribution in [0.4, 0.5) is 5.69 Å². The summed E-state index contributed by atoms with van der Waals surface area (Å²) in [5.41, 5.74) is -0.0305. The number of benzene rings is 1. The van der Waals surface area contributed by atoms with E-state index in [-0.39, 0.29) is 5.69 Å². The fourth-order valence-corrected chi connectivity index (χ4v) is 1.13. The molecule has 0 aromatic heterocycles. The minimum absolute atomic E-state index is 0.0305. The van der Waals surface area contributed by atoms with Crippen molar-refractivity contribution < 1.29 is 18.9 Å². The fraction of sp³-hybridized carbons (Fsp3) is 0.143. The first-order valence-corrected chi connectivity index (χ1v) is 4.72. The molecule has 14 heavy (non-hydrogen) atoms. The molecule has 0 bridgehead atoms. The van der Waals surface area contributed by atoms with Crippen molar-refractivity contribution in [3.8, 4) is 5.75 Å². The van der Waals surface area contributed by atoms with Crippen molar-refractivity contribution in [2.24, 2.45) is 0 Å². The number of nitrogens with zero attached hydrogens (tertiary/aromatic N) is 1. The van der Waals surface area contributed by atoms with Gasteiger partial charge in [0.05, 0.1) is 4.92 Å². The maximum atomic E-state index is 10.3. The molecule has 1 atom stereocenters. The van der Waals surface area contributed by atoms with Crippen molar-refractivity contribution in [2.45, 2.75) is 0 Å². The van der Waals surface area contributed by atoms with Crippen molar-refractivity contribution >= 4 is 14.3 Å². The molecule has 76 valence electrons. The highest BCUT2D eigenvalue weighted by Crippen LogP contribution is 2.33. The van der Waals surface area contributed by atoms with Crippen LogP contribution in [-0.4, -0.2) is 16.9 Å². The van der Waals surface area contributed by atoms with Gasteiger partial charge in [0.15, 0.2) is 0 Å². The molecule has 1 rings (SSSR count). The van der Waals surface area contributed by atoms with Crippen molar-refractivity contribution in [1.29, 1.82) is 0 Å². The Morgan fingerprint density at radius 3 is 2.43 bits per heavy atom. The van der Waals surface area contributed by atoms with Gasteiger partial charge >= 0.3 is 8.60 Å². The Hall–Kier alpha value is -1.23. The SMILES string of the molecule is COP(O)Oc1ccc([N+](=O)[O-])cc1. The molecule has 7 heteroatoms. The lowest BCUT2D eigenvalue weighted by atomic mass is 10.3. The van der Waals surface area contributed by atoms with Crippen molar-refractivity contribution in [3.63, 3.8) is 0 Å². The molecular formula is C7H8NO5P. The minimum atomic E-state index is -1.95. The van der Waals surface area contributed by atoms with E-state index in [0.717, 1.165) is 0 Å². The minimum Gasteiger partial charge on any atom is -0.427 e. The van der Waals surface area contributed by atoms with Gasteiger partial charge in [0, 0.05) is 19.2 Å². The largest absolute Gasteiger partial charge is 0.427 e. The van der Waals surface area contributed by atoms with Gasteiger partial charge in [-0.1, -0.05) is 0 Å². The zero-order valence-corrected chi connectivity index (χ0v) is 8.18. The van der Waals surface area contributed by atoms with Gasteiger partial charge in [-0.15, -0.1) is 0 Å². The van der Waals surface area contributed by atoms with Crippen LogP contribution in [0.15, 0.2) is 24.3 Å². The zero-order chi connectivity index (χ0) is 10.6. The summed E-state index contributed by atoms with van der Waals surface area (Å²) >= 11 is 0. The average molecular weight is 217 g/mol. The van der Waals surface area contributed by atoms with Crippen molar-refractivity contribution in [1.82, 2.24) is 0 Å². The maximum absolute atomic E-state index is 10.3. The van der Waals surface area contributed by atoms with Crippen LogP contribution < -0.4 is 4.52 Å². The molecule has 0 spiro atoms. The van der Waals surface area contributed by atoms with E-state index in [4.69, 9.17) is 9.42 Å². The Kier molecular flexibility index (Phi) is 3.76. The van der Waals surface area contributed by atoms with Crippen LogP contribution in [-0.2, 0) is 4.52 Å². The molecule has 6 nitrogen and oxygen atoms in total. The summed E-state index contributed by atoms with van der Waals surface area (Å²) in [5, 5.41) is 10.3. The third-order valence-electron chi connectivity index (χ3n) is 1.39. The molecule has 0 heterocycles. The lowest BCUT2D eigenvalue weighted by Gasteiger charge is -2.07. The van der Waals surface area contributed by atoms with Gasteiger partial charge in [-0.2, -0.15) is 0 Å². The molecule has 0 radical (unpaired) electrons. The molecule has 0 saturated carbocycles. The first-order valence-electron chi connectivity index (χ1n) is 3.59. The molecular weight excluding hydrogens is 209 g/mol. The molecule has 0 aliphatic heterocycles. The summed E-state index contributed by atoms with van der Waals surface area (Å²) in [5.74, 6) is 0.325. The topological polar surface area (TPSA) is 81.8 Å². The molecule has 1 aromatic rings. The van der Waals surface area contributed by atoms with E-state index in [1.54, 1.807) is 0 Å². The Bertz CT molecular complexity index is 314. The van der Waals surface area contributed by atoms with Crippen LogP contribution in [0.25, 0.3) is 0 Å². The average Bonchev–Trinajstić information content (AvgIpc) is 2.18. The highest BCUT2D eigenvalue weighted by atomic mass is 31.2. The third-order valence-corrected chi connectivity index (χ3v) is 2.07. The van der Waals surface area contributed by atoms with Gasteiger partial charge in [0.1, 0.15) is 5.75 Å². The van der Waals surface area contributed by atoms with Gasteiger partial charge in [-0.05, 0) is 12.1 Å². The first-order chi connectivity index (χ1) is 6.63. The number of hydrogen-bond donors (Lipinski definition) is 1. The van der Waals surface area contributed by atoms with Gasteiger partial charge in [-0.3, -0.25) is 10.1 Å². The van der Waals surface area contributed by atoms with E-state index in [0.29, 0.717) is 5.75 Å². The van der Waals surface area contributed by atoms with E-state index in [1.165, 1.54) is 31.4 Å². The molecule has 0 saturated heterocycles. The molecule has 1 aromatic carbocycles. The van der Waals surface area contributed by atoms with E-state index in [2.05, 4.69) is 4.52 Å². The molecule has 0 fully saturated rings. The Balaban J connectivity index is 2.68. The van der Waals surface area contributed by atoms with E-state index >= 15 is 0 Å². The van der Waals surface area contributed by atoms with Crippen LogP contribution in [0.2, 0.25) is 0 Å². The second-order valence-electron chi connectivity index (χ2n) is 2.26. The fourth-order valence-electron chi connectivity index (χ4n) is 0.756. The lowest BCUT2D eigenvalue weighted by Crippen LogP contribution is -1.90. The van der Waals surface area contributed by atoms with Crippen LogP contribution >= 0.6 is 8.60 Å². The zero-order valence-electron chi connectivity index (χ0n) is 7.28. The van der Waals surface area contributed by atoms with Gasteiger partial charge in [0.25, 0.3) is 5.69 Å². The quantitative estimate of drug-likeness (QED) is 0.472. The number of non-ortho nitro benzene ring substituents is 1. The summed E-state index contributed by atoms with van der Waals surface area (Å²) in [6.07, 6.45) is 0. The normalized spacial score (nSPS) is 12.1. The molecule has 0 aliphatic rings. The number of nitro benzene ring substituents is 1. The summed E-state index contributed by atoms with van der Waals surface area (Å²) in [6, 6.07) is 5.35. The molecule has 1 N–H and O–H groups in total. The smallest absolute Gasteiger partial charge is 0.394 e. The second-order valence-corrected chi connectivity index (χ2v) is 3.29. The Labute approximate surface area is 81.2 Å². The van der Waals surface area contributed by atoms with Crippen LogP contribution in [0.5, 0.6) is 5.75 Å². The Morgan fingerprint density at radius 2 is 2.00 bits per heavy atom. The predicted octanol–water partition coefficient (Wildman–Crippen LogP) is 1.84.